The van der Waals surface area contributed by atoms with Gasteiger partial charge in [0.15, 0.2) is 12.1 Å². The zero-order chi connectivity index (χ0) is 18.1. The van der Waals surface area contributed by atoms with E-state index in [1.165, 1.54) is 0 Å². The van der Waals surface area contributed by atoms with Gasteiger partial charge in [0.05, 0.1) is 11.6 Å². The molecule has 2 aromatic heterocycles. The number of fused-ring (bicyclic) bond motifs is 1. The Hall–Kier alpha value is -2.47. The minimum Gasteiger partial charge on any atom is -0.491 e. The van der Waals surface area contributed by atoms with E-state index in [1.54, 1.807) is 6.20 Å². The van der Waals surface area contributed by atoms with Gasteiger partial charge in [-0.25, -0.2) is 14.6 Å². The molecule has 1 fully saturated rings. The number of rotatable bonds is 4. The van der Waals surface area contributed by atoms with E-state index in [2.05, 4.69) is 16.0 Å². The van der Waals surface area contributed by atoms with Crippen molar-refractivity contribution in [1.82, 2.24) is 19.7 Å². The topological polar surface area (TPSA) is 62.1 Å². The lowest BCUT2D eigenvalue weighted by molar-refractivity contribution is -0.0365. The Morgan fingerprint density at radius 2 is 2.12 bits per heavy atom. The molecule has 26 heavy (non-hydrogen) atoms. The van der Waals surface area contributed by atoms with Gasteiger partial charge in [-0.1, -0.05) is 0 Å². The highest BCUT2D eigenvalue weighted by molar-refractivity contribution is 5.92. The van der Waals surface area contributed by atoms with Gasteiger partial charge in [0, 0.05) is 23.9 Å². The predicted molar refractivity (Wildman–Crippen MR) is 100 cm³/mol. The number of aryl methyl sites for hydroxylation is 1. The maximum Gasteiger partial charge on any atom is 0.180 e. The normalized spacial score (nSPS) is 17.8. The van der Waals surface area contributed by atoms with Crippen LogP contribution < -0.4 is 4.74 Å². The fraction of sp³-hybridized carbons (Fsp3) is 0.450. The Labute approximate surface area is 153 Å². The molecule has 1 saturated heterocycles. The first-order chi connectivity index (χ1) is 12.6. The van der Waals surface area contributed by atoms with Crippen LogP contribution >= 0.6 is 0 Å². The summed E-state index contributed by atoms with van der Waals surface area (Å²) >= 11 is 0. The third-order valence-corrected chi connectivity index (χ3v) is 4.48. The molecule has 3 aromatic rings. The first kappa shape index (κ1) is 17.0. The highest BCUT2D eigenvalue weighted by atomic mass is 16.5. The number of hydrogen-bond donors (Lipinski definition) is 0. The average Bonchev–Trinajstić information content (AvgIpc) is 3.01. The van der Waals surface area contributed by atoms with E-state index >= 15 is 0 Å². The van der Waals surface area contributed by atoms with Crippen LogP contribution in [-0.2, 0) is 4.74 Å². The summed E-state index contributed by atoms with van der Waals surface area (Å²) in [5.41, 5.74) is 2.71. The molecule has 0 bridgehead atoms. The van der Waals surface area contributed by atoms with E-state index in [-0.39, 0.29) is 12.3 Å². The zero-order valence-electron chi connectivity index (χ0n) is 15.5. The van der Waals surface area contributed by atoms with E-state index in [0.29, 0.717) is 5.82 Å². The van der Waals surface area contributed by atoms with Gasteiger partial charge in [0.25, 0.3) is 0 Å². The van der Waals surface area contributed by atoms with Gasteiger partial charge in [-0.2, -0.15) is 5.10 Å². The van der Waals surface area contributed by atoms with Crippen molar-refractivity contribution in [1.29, 1.82) is 0 Å². The second kappa shape index (κ2) is 7.03. The molecule has 136 valence electrons. The SMILES string of the molecule is Cc1ccnc(-c2nn(C3CCCCO3)c3ccc(OC(C)C)cc23)n1. The van der Waals surface area contributed by atoms with Crippen LogP contribution in [-0.4, -0.2) is 32.5 Å². The molecule has 6 heteroatoms. The molecule has 0 radical (unpaired) electrons. The van der Waals surface area contributed by atoms with Crippen molar-refractivity contribution in [2.24, 2.45) is 0 Å². The second-order valence-corrected chi connectivity index (χ2v) is 6.98. The Kier molecular flexibility index (Phi) is 4.59. The van der Waals surface area contributed by atoms with Crippen LogP contribution in [0.25, 0.3) is 22.4 Å². The fourth-order valence-electron chi connectivity index (χ4n) is 3.33. The van der Waals surface area contributed by atoms with Crippen molar-refractivity contribution in [3.63, 3.8) is 0 Å². The van der Waals surface area contributed by atoms with Crippen molar-refractivity contribution in [2.45, 2.75) is 52.4 Å². The van der Waals surface area contributed by atoms with Crippen LogP contribution in [0.2, 0.25) is 0 Å². The second-order valence-electron chi connectivity index (χ2n) is 6.98. The molecule has 0 aliphatic carbocycles. The maximum absolute atomic E-state index is 5.97. The third-order valence-electron chi connectivity index (χ3n) is 4.48. The molecule has 1 aromatic carbocycles. The average molecular weight is 352 g/mol. The van der Waals surface area contributed by atoms with Gasteiger partial charge >= 0.3 is 0 Å². The molecule has 4 rings (SSSR count). The lowest BCUT2D eigenvalue weighted by Gasteiger charge is -2.23. The lowest BCUT2D eigenvalue weighted by atomic mass is 10.1. The molecule has 0 amide bonds. The highest BCUT2D eigenvalue weighted by Gasteiger charge is 2.23. The Morgan fingerprint density at radius 1 is 1.23 bits per heavy atom. The van der Waals surface area contributed by atoms with Crippen LogP contribution in [0, 0.1) is 6.92 Å². The van der Waals surface area contributed by atoms with Crippen molar-refractivity contribution in [3.8, 4) is 17.3 Å². The number of ether oxygens (including phenoxy) is 2. The first-order valence-electron chi connectivity index (χ1n) is 9.22. The summed E-state index contributed by atoms with van der Waals surface area (Å²) in [7, 11) is 0. The predicted octanol–water partition coefficient (Wildman–Crippen LogP) is 4.29. The van der Waals surface area contributed by atoms with Crippen LogP contribution in [0.1, 0.15) is 45.0 Å². The number of hydrogen-bond acceptors (Lipinski definition) is 5. The molecule has 1 aliphatic heterocycles. The molecule has 0 N–H and O–H groups in total. The molecule has 1 atom stereocenters. The summed E-state index contributed by atoms with van der Waals surface area (Å²) in [6.07, 6.45) is 5.07. The summed E-state index contributed by atoms with van der Waals surface area (Å²) < 4.78 is 13.8. The monoisotopic (exact) mass is 352 g/mol. The molecule has 0 saturated carbocycles. The number of benzene rings is 1. The van der Waals surface area contributed by atoms with E-state index in [9.17, 15) is 0 Å². The van der Waals surface area contributed by atoms with Crippen LogP contribution in [0.5, 0.6) is 5.75 Å². The molecule has 6 nitrogen and oxygen atoms in total. The number of aromatic nitrogens is 4. The minimum atomic E-state index is -0.0401. The maximum atomic E-state index is 5.97. The Bertz CT molecular complexity index is 913. The van der Waals surface area contributed by atoms with Gasteiger partial charge in [0.2, 0.25) is 0 Å². The molecular formula is C20H24N4O2. The number of nitrogens with zero attached hydrogens (tertiary/aromatic N) is 4. The first-order valence-corrected chi connectivity index (χ1v) is 9.22. The van der Waals surface area contributed by atoms with Crippen molar-refractivity contribution < 1.29 is 9.47 Å². The van der Waals surface area contributed by atoms with Crippen molar-refractivity contribution in [2.75, 3.05) is 6.61 Å². The van der Waals surface area contributed by atoms with E-state index < -0.39 is 0 Å². The third kappa shape index (κ3) is 3.29. The van der Waals surface area contributed by atoms with Crippen LogP contribution in [0.4, 0.5) is 0 Å². The summed E-state index contributed by atoms with van der Waals surface area (Å²) in [6.45, 7) is 6.78. The van der Waals surface area contributed by atoms with Crippen molar-refractivity contribution >= 4 is 10.9 Å². The largest absolute Gasteiger partial charge is 0.491 e. The lowest BCUT2D eigenvalue weighted by Crippen LogP contribution is -2.19. The van der Waals surface area contributed by atoms with Crippen molar-refractivity contribution in [3.05, 3.63) is 36.2 Å². The Balaban J connectivity index is 1.87. The van der Waals surface area contributed by atoms with Gasteiger partial charge in [0.1, 0.15) is 11.4 Å². The smallest absolute Gasteiger partial charge is 0.180 e. The summed E-state index contributed by atoms with van der Waals surface area (Å²) in [5, 5.41) is 5.84. The van der Waals surface area contributed by atoms with Gasteiger partial charge in [-0.05, 0) is 64.3 Å². The Morgan fingerprint density at radius 3 is 2.85 bits per heavy atom. The molecule has 3 heterocycles. The highest BCUT2D eigenvalue weighted by Crippen LogP contribution is 2.33. The van der Waals surface area contributed by atoms with E-state index in [0.717, 1.165) is 53.9 Å². The quantitative estimate of drug-likeness (QED) is 0.701. The fourth-order valence-corrected chi connectivity index (χ4v) is 3.33. The van der Waals surface area contributed by atoms with Crippen LogP contribution in [0.3, 0.4) is 0 Å². The molecule has 0 spiro atoms. The van der Waals surface area contributed by atoms with E-state index in [4.69, 9.17) is 14.6 Å². The van der Waals surface area contributed by atoms with Gasteiger partial charge in [-0.15, -0.1) is 0 Å². The molecule has 1 unspecified atom stereocenters. The standard InChI is InChI=1S/C20H24N4O2/c1-13(2)26-15-7-8-17-16(12-15)19(20-21-10-9-14(3)22-20)23-24(17)18-6-4-5-11-25-18/h7-10,12-13,18H,4-6,11H2,1-3H3. The van der Waals surface area contributed by atoms with Gasteiger partial charge in [-0.3, -0.25) is 0 Å². The minimum absolute atomic E-state index is 0.0401. The molecular weight excluding hydrogens is 328 g/mol. The van der Waals surface area contributed by atoms with Crippen LogP contribution in [0.15, 0.2) is 30.5 Å². The zero-order valence-corrected chi connectivity index (χ0v) is 15.5. The van der Waals surface area contributed by atoms with E-state index in [1.807, 2.05) is 43.7 Å². The van der Waals surface area contributed by atoms with Gasteiger partial charge < -0.3 is 9.47 Å². The summed E-state index contributed by atoms with van der Waals surface area (Å²) in [6, 6.07) is 7.96. The molecule has 1 aliphatic rings. The summed E-state index contributed by atoms with van der Waals surface area (Å²) in [5.74, 6) is 1.46. The summed E-state index contributed by atoms with van der Waals surface area (Å²) in [4.78, 5) is 9.01.